The second-order valence-electron chi connectivity index (χ2n) is 4.31. The number of benzene rings is 2. The second kappa shape index (κ2) is 6.09. The molecular weight excluding hydrogens is 206 g/mol. The Morgan fingerprint density at radius 2 is 1.47 bits per heavy atom. The summed E-state index contributed by atoms with van der Waals surface area (Å²) in [5, 5.41) is 3.58. The molecule has 2 aromatic rings. The highest BCUT2D eigenvalue weighted by atomic mass is 14.9. The van der Waals surface area contributed by atoms with E-state index in [0.717, 1.165) is 12.8 Å². The van der Waals surface area contributed by atoms with Gasteiger partial charge in [0.15, 0.2) is 0 Å². The first-order valence-electron chi connectivity index (χ1n) is 6.24. The molecular formula is C16H19N. The van der Waals surface area contributed by atoms with Gasteiger partial charge in [0.2, 0.25) is 0 Å². The van der Waals surface area contributed by atoms with E-state index in [1.54, 1.807) is 0 Å². The van der Waals surface area contributed by atoms with Gasteiger partial charge >= 0.3 is 0 Å². The maximum Gasteiger partial charge on any atom is 0.0342 e. The van der Waals surface area contributed by atoms with E-state index in [1.165, 1.54) is 11.3 Å². The second-order valence-corrected chi connectivity index (χ2v) is 4.31. The molecule has 0 radical (unpaired) electrons. The van der Waals surface area contributed by atoms with Crippen LogP contribution in [0.1, 0.15) is 18.9 Å². The first-order chi connectivity index (χ1) is 8.38. The molecule has 2 aromatic carbocycles. The monoisotopic (exact) mass is 225 g/mol. The fraction of sp³-hybridized carbons (Fsp3) is 0.250. The number of hydrogen-bond donors (Lipinski definition) is 1. The van der Waals surface area contributed by atoms with Crippen molar-refractivity contribution in [2.45, 2.75) is 25.8 Å². The summed E-state index contributed by atoms with van der Waals surface area (Å²) in [6, 6.07) is 21.6. The van der Waals surface area contributed by atoms with Gasteiger partial charge in [0.05, 0.1) is 0 Å². The van der Waals surface area contributed by atoms with Crippen molar-refractivity contribution in [1.82, 2.24) is 0 Å². The van der Waals surface area contributed by atoms with Crippen LogP contribution in [0, 0.1) is 0 Å². The molecule has 17 heavy (non-hydrogen) atoms. The largest absolute Gasteiger partial charge is 0.382 e. The average Bonchev–Trinajstić information content (AvgIpc) is 2.40. The predicted octanol–water partition coefficient (Wildman–Crippen LogP) is 4.12. The summed E-state index contributed by atoms with van der Waals surface area (Å²) in [7, 11) is 0. The molecule has 0 aliphatic carbocycles. The molecule has 0 fully saturated rings. The number of anilines is 1. The molecule has 0 aromatic heterocycles. The Morgan fingerprint density at radius 1 is 0.882 bits per heavy atom. The molecule has 0 spiro atoms. The van der Waals surface area contributed by atoms with Crippen LogP contribution in [-0.4, -0.2) is 6.04 Å². The SMILES string of the molecule is CC[C@@H](Cc1ccccc1)Nc1ccccc1. The predicted molar refractivity (Wildman–Crippen MR) is 74.3 cm³/mol. The van der Waals surface area contributed by atoms with Crippen molar-refractivity contribution in [2.75, 3.05) is 5.32 Å². The number of rotatable bonds is 5. The molecule has 2 rings (SSSR count). The summed E-state index contributed by atoms with van der Waals surface area (Å²) in [6.07, 6.45) is 2.20. The maximum absolute atomic E-state index is 3.58. The van der Waals surface area contributed by atoms with Crippen molar-refractivity contribution >= 4 is 5.69 Å². The van der Waals surface area contributed by atoms with Gasteiger partial charge in [-0.2, -0.15) is 0 Å². The van der Waals surface area contributed by atoms with Crippen molar-refractivity contribution < 1.29 is 0 Å². The Kier molecular flexibility index (Phi) is 4.20. The average molecular weight is 225 g/mol. The van der Waals surface area contributed by atoms with Crippen molar-refractivity contribution in [3.05, 3.63) is 66.2 Å². The topological polar surface area (TPSA) is 12.0 Å². The lowest BCUT2D eigenvalue weighted by Crippen LogP contribution is -2.21. The van der Waals surface area contributed by atoms with E-state index in [2.05, 4.69) is 66.8 Å². The molecule has 0 saturated heterocycles. The molecule has 88 valence electrons. The summed E-state index contributed by atoms with van der Waals surface area (Å²) >= 11 is 0. The summed E-state index contributed by atoms with van der Waals surface area (Å²) in [5.74, 6) is 0. The molecule has 0 amide bonds. The zero-order valence-electron chi connectivity index (χ0n) is 10.3. The van der Waals surface area contributed by atoms with Gasteiger partial charge in [-0.05, 0) is 30.5 Å². The van der Waals surface area contributed by atoms with Crippen LogP contribution < -0.4 is 5.32 Å². The van der Waals surface area contributed by atoms with E-state index in [1.807, 2.05) is 6.07 Å². The number of para-hydroxylation sites is 1. The minimum Gasteiger partial charge on any atom is -0.382 e. The Labute approximate surface area is 103 Å². The Balaban J connectivity index is 1.98. The van der Waals surface area contributed by atoms with Gasteiger partial charge in [0.1, 0.15) is 0 Å². The number of nitrogens with one attached hydrogen (secondary N) is 1. The van der Waals surface area contributed by atoms with Crippen molar-refractivity contribution in [2.24, 2.45) is 0 Å². The van der Waals surface area contributed by atoms with Gasteiger partial charge in [-0.1, -0.05) is 55.5 Å². The first kappa shape index (κ1) is 11.7. The zero-order valence-corrected chi connectivity index (χ0v) is 10.3. The Hall–Kier alpha value is -1.76. The molecule has 0 saturated carbocycles. The lowest BCUT2D eigenvalue weighted by molar-refractivity contribution is 0.690. The molecule has 0 unspecified atom stereocenters. The summed E-state index contributed by atoms with van der Waals surface area (Å²) in [5.41, 5.74) is 2.60. The molecule has 1 nitrogen and oxygen atoms in total. The molecule has 0 bridgehead atoms. The fourth-order valence-electron chi connectivity index (χ4n) is 1.97. The highest BCUT2D eigenvalue weighted by Gasteiger charge is 2.06. The van der Waals surface area contributed by atoms with Crippen LogP contribution in [0.3, 0.4) is 0 Å². The fourth-order valence-corrected chi connectivity index (χ4v) is 1.97. The first-order valence-corrected chi connectivity index (χ1v) is 6.24. The quantitative estimate of drug-likeness (QED) is 0.807. The third kappa shape index (κ3) is 3.63. The van der Waals surface area contributed by atoms with Crippen LogP contribution in [0.4, 0.5) is 5.69 Å². The molecule has 1 heteroatoms. The van der Waals surface area contributed by atoms with Crippen LogP contribution in [0.2, 0.25) is 0 Å². The minimum atomic E-state index is 0.500. The summed E-state index contributed by atoms with van der Waals surface area (Å²) in [6.45, 7) is 2.23. The molecule has 1 N–H and O–H groups in total. The lowest BCUT2D eigenvalue weighted by atomic mass is 10.0. The van der Waals surface area contributed by atoms with Crippen LogP contribution >= 0.6 is 0 Å². The van der Waals surface area contributed by atoms with Gasteiger partial charge in [-0.3, -0.25) is 0 Å². The lowest BCUT2D eigenvalue weighted by Gasteiger charge is -2.18. The minimum absolute atomic E-state index is 0.500. The molecule has 1 atom stereocenters. The van der Waals surface area contributed by atoms with E-state index in [-0.39, 0.29) is 0 Å². The smallest absolute Gasteiger partial charge is 0.0342 e. The van der Waals surface area contributed by atoms with Crippen LogP contribution in [0.25, 0.3) is 0 Å². The Morgan fingerprint density at radius 3 is 2.06 bits per heavy atom. The van der Waals surface area contributed by atoms with Crippen molar-refractivity contribution in [3.63, 3.8) is 0 Å². The Bertz CT molecular complexity index is 380. The normalized spacial score (nSPS) is 12.1. The van der Waals surface area contributed by atoms with Gasteiger partial charge < -0.3 is 5.32 Å². The van der Waals surface area contributed by atoms with Crippen molar-refractivity contribution in [3.8, 4) is 0 Å². The zero-order chi connectivity index (χ0) is 11.9. The van der Waals surface area contributed by atoms with Crippen LogP contribution in [0.5, 0.6) is 0 Å². The van der Waals surface area contributed by atoms with Gasteiger partial charge in [0, 0.05) is 11.7 Å². The standard InChI is InChI=1S/C16H19N/c1-2-15(13-14-9-5-3-6-10-14)17-16-11-7-4-8-12-16/h3-12,15,17H,2,13H2,1H3/t15-/m0/s1. The molecule has 0 aliphatic heterocycles. The van der Waals surface area contributed by atoms with E-state index in [9.17, 15) is 0 Å². The summed E-state index contributed by atoms with van der Waals surface area (Å²) in [4.78, 5) is 0. The van der Waals surface area contributed by atoms with E-state index in [4.69, 9.17) is 0 Å². The third-order valence-electron chi connectivity index (χ3n) is 2.96. The van der Waals surface area contributed by atoms with E-state index < -0.39 is 0 Å². The van der Waals surface area contributed by atoms with Gasteiger partial charge in [-0.15, -0.1) is 0 Å². The van der Waals surface area contributed by atoms with E-state index in [0.29, 0.717) is 6.04 Å². The molecule has 0 aliphatic rings. The van der Waals surface area contributed by atoms with Gasteiger partial charge in [-0.25, -0.2) is 0 Å². The van der Waals surface area contributed by atoms with Gasteiger partial charge in [0.25, 0.3) is 0 Å². The van der Waals surface area contributed by atoms with Crippen molar-refractivity contribution in [1.29, 1.82) is 0 Å². The number of hydrogen-bond acceptors (Lipinski definition) is 1. The highest BCUT2D eigenvalue weighted by Crippen LogP contribution is 2.12. The highest BCUT2D eigenvalue weighted by molar-refractivity contribution is 5.43. The maximum atomic E-state index is 3.58. The van der Waals surface area contributed by atoms with Crippen LogP contribution in [-0.2, 0) is 6.42 Å². The van der Waals surface area contributed by atoms with E-state index >= 15 is 0 Å². The third-order valence-corrected chi connectivity index (χ3v) is 2.96. The van der Waals surface area contributed by atoms with Crippen LogP contribution in [0.15, 0.2) is 60.7 Å². The molecule has 0 heterocycles. The summed E-state index contributed by atoms with van der Waals surface area (Å²) < 4.78 is 0.